The zero-order chi connectivity index (χ0) is 19.7. The number of ether oxygens (including phenoxy) is 1. The van der Waals surface area contributed by atoms with Gasteiger partial charge in [-0.1, -0.05) is 30.3 Å². The van der Waals surface area contributed by atoms with E-state index in [-0.39, 0.29) is 4.90 Å². The number of hydrogen-bond acceptors (Lipinski definition) is 4. The number of sulfonamides is 1. The Morgan fingerprint density at radius 1 is 1.11 bits per heavy atom. The molecule has 0 aliphatic rings. The highest BCUT2D eigenvalue weighted by Crippen LogP contribution is 2.10. The van der Waals surface area contributed by atoms with Gasteiger partial charge < -0.3 is 15.0 Å². The molecule has 2 aromatic rings. The molecular formula is C19H26N4O3S. The summed E-state index contributed by atoms with van der Waals surface area (Å²) in [5.74, 6) is 1.57. The van der Waals surface area contributed by atoms with E-state index >= 15 is 0 Å². The van der Waals surface area contributed by atoms with Gasteiger partial charge in [-0.15, -0.1) is 0 Å². The Bertz CT molecular complexity index is 837. The van der Waals surface area contributed by atoms with Crippen molar-refractivity contribution in [2.24, 2.45) is 4.99 Å². The zero-order valence-corrected chi connectivity index (χ0v) is 16.7. The molecule has 2 aromatic carbocycles. The molecule has 0 aliphatic carbocycles. The number of aliphatic imine (C=N–C) groups is 1. The van der Waals surface area contributed by atoms with Gasteiger partial charge in [0.25, 0.3) is 0 Å². The summed E-state index contributed by atoms with van der Waals surface area (Å²) in [5, 5.41) is 3.26. The number of rotatable bonds is 8. The van der Waals surface area contributed by atoms with E-state index in [2.05, 4.69) is 15.0 Å². The summed E-state index contributed by atoms with van der Waals surface area (Å²) >= 11 is 0. The fourth-order valence-corrected chi connectivity index (χ4v) is 3.12. The van der Waals surface area contributed by atoms with Crippen LogP contribution in [0.3, 0.4) is 0 Å². The standard InChI is InChI=1S/C19H26N4O3S/c1-20-19(23(3)13-14-26-17-7-5-4-6-8-17)22-15-16-9-11-18(12-10-16)27(24,25)21-2/h4-12,21H,13-15H2,1-3H3,(H,20,22). The molecule has 0 unspecified atom stereocenters. The Hall–Kier alpha value is -2.58. The van der Waals surface area contributed by atoms with E-state index in [1.54, 1.807) is 31.3 Å². The third kappa shape index (κ3) is 6.26. The van der Waals surface area contributed by atoms with Crippen LogP contribution in [0, 0.1) is 0 Å². The lowest BCUT2D eigenvalue weighted by Gasteiger charge is -2.22. The van der Waals surface area contributed by atoms with Crippen LogP contribution in [0.15, 0.2) is 64.5 Å². The first-order chi connectivity index (χ1) is 13.0. The Morgan fingerprint density at radius 3 is 2.37 bits per heavy atom. The molecule has 0 amide bonds. The fourth-order valence-electron chi connectivity index (χ4n) is 2.39. The maximum Gasteiger partial charge on any atom is 0.240 e. The van der Waals surface area contributed by atoms with Crippen LogP contribution in [0.5, 0.6) is 5.75 Å². The van der Waals surface area contributed by atoms with E-state index in [1.807, 2.05) is 42.3 Å². The zero-order valence-electron chi connectivity index (χ0n) is 15.8. The lowest BCUT2D eigenvalue weighted by molar-refractivity contribution is 0.281. The molecule has 0 aromatic heterocycles. The summed E-state index contributed by atoms with van der Waals surface area (Å²) in [6, 6.07) is 16.4. The van der Waals surface area contributed by atoms with E-state index < -0.39 is 10.0 Å². The Morgan fingerprint density at radius 2 is 1.78 bits per heavy atom. The number of likely N-dealkylation sites (N-methyl/N-ethyl adjacent to an activating group) is 1. The van der Waals surface area contributed by atoms with Crippen molar-refractivity contribution >= 4 is 16.0 Å². The van der Waals surface area contributed by atoms with Crippen molar-refractivity contribution in [3.8, 4) is 5.75 Å². The number of nitrogens with one attached hydrogen (secondary N) is 2. The van der Waals surface area contributed by atoms with E-state index in [0.29, 0.717) is 19.7 Å². The first-order valence-electron chi connectivity index (χ1n) is 8.58. The Balaban J connectivity index is 1.84. The Labute approximate surface area is 161 Å². The summed E-state index contributed by atoms with van der Waals surface area (Å²) in [7, 11) is 1.64. The molecule has 0 atom stereocenters. The van der Waals surface area contributed by atoms with Gasteiger partial charge in [-0.3, -0.25) is 4.99 Å². The number of nitrogens with zero attached hydrogens (tertiary/aromatic N) is 2. The summed E-state index contributed by atoms with van der Waals surface area (Å²) in [5.41, 5.74) is 0.958. The normalized spacial score (nSPS) is 11.9. The quantitative estimate of drug-likeness (QED) is 0.529. The van der Waals surface area contributed by atoms with Crippen LogP contribution in [-0.2, 0) is 16.6 Å². The topological polar surface area (TPSA) is 83.0 Å². The predicted octanol–water partition coefficient (Wildman–Crippen LogP) is 1.68. The van der Waals surface area contributed by atoms with Crippen LogP contribution in [0.2, 0.25) is 0 Å². The largest absolute Gasteiger partial charge is 0.492 e. The van der Waals surface area contributed by atoms with Crippen molar-refractivity contribution in [3.05, 3.63) is 60.2 Å². The lowest BCUT2D eigenvalue weighted by Crippen LogP contribution is -2.40. The van der Waals surface area contributed by atoms with E-state index in [4.69, 9.17) is 4.74 Å². The molecule has 7 nitrogen and oxygen atoms in total. The molecule has 2 rings (SSSR count). The molecule has 27 heavy (non-hydrogen) atoms. The van der Waals surface area contributed by atoms with Crippen molar-refractivity contribution in [1.29, 1.82) is 0 Å². The molecule has 0 heterocycles. The molecule has 0 bridgehead atoms. The molecule has 0 aliphatic heterocycles. The molecular weight excluding hydrogens is 364 g/mol. The molecule has 0 saturated heterocycles. The van der Waals surface area contributed by atoms with Crippen LogP contribution >= 0.6 is 0 Å². The number of hydrogen-bond donors (Lipinski definition) is 2. The van der Waals surface area contributed by atoms with E-state index in [0.717, 1.165) is 17.3 Å². The van der Waals surface area contributed by atoms with Gasteiger partial charge in [0.1, 0.15) is 12.4 Å². The average molecular weight is 391 g/mol. The van der Waals surface area contributed by atoms with Crippen molar-refractivity contribution < 1.29 is 13.2 Å². The van der Waals surface area contributed by atoms with Crippen molar-refractivity contribution in [2.75, 3.05) is 34.3 Å². The van der Waals surface area contributed by atoms with Crippen molar-refractivity contribution in [3.63, 3.8) is 0 Å². The molecule has 0 fully saturated rings. The summed E-state index contributed by atoms with van der Waals surface area (Å²) in [6.45, 7) is 1.75. The molecule has 0 spiro atoms. The van der Waals surface area contributed by atoms with Gasteiger partial charge in [-0.2, -0.15) is 0 Å². The van der Waals surface area contributed by atoms with Crippen LogP contribution in [-0.4, -0.2) is 53.6 Å². The van der Waals surface area contributed by atoms with Gasteiger partial charge in [0.05, 0.1) is 11.4 Å². The second-order valence-electron chi connectivity index (χ2n) is 5.84. The number of guanidine groups is 1. The second-order valence-corrected chi connectivity index (χ2v) is 7.72. The van der Waals surface area contributed by atoms with Crippen LogP contribution < -0.4 is 14.8 Å². The summed E-state index contributed by atoms with van der Waals surface area (Å²) < 4.78 is 31.5. The van der Waals surface area contributed by atoms with Crippen LogP contribution in [0.1, 0.15) is 5.56 Å². The molecule has 8 heteroatoms. The van der Waals surface area contributed by atoms with Crippen molar-refractivity contribution in [1.82, 2.24) is 14.9 Å². The maximum atomic E-state index is 11.8. The molecule has 0 saturated carbocycles. The number of benzene rings is 2. The van der Waals surface area contributed by atoms with E-state index in [9.17, 15) is 8.42 Å². The predicted molar refractivity (Wildman–Crippen MR) is 107 cm³/mol. The minimum absolute atomic E-state index is 0.244. The minimum Gasteiger partial charge on any atom is -0.492 e. The highest BCUT2D eigenvalue weighted by atomic mass is 32.2. The average Bonchev–Trinajstić information content (AvgIpc) is 2.69. The minimum atomic E-state index is -3.41. The highest BCUT2D eigenvalue weighted by molar-refractivity contribution is 7.89. The summed E-state index contributed by atoms with van der Waals surface area (Å²) in [6.07, 6.45) is 0. The summed E-state index contributed by atoms with van der Waals surface area (Å²) in [4.78, 5) is 6.49. The van der Waals surface area contributed by atoms with E-state index in [1.165, 1.54) is 7.05 Å². The first-order valence-corrected chi connectivity index (χ1v) is 10.1. The van der Waals surface area contributed by atoms with Crippen LogP contribution in [0.25, 0.3) is 0 Å². The monoisotopic (exact) mass is 390 g/mol. The first kappa shape index (κ1) is 20.7. The van der Waals surface area contributed by atoms with Crippen molar-refractivity contribution in [2.45, 2.75) is 11.4 Å². The third-order valence-electron chi connectivity index (χ3n) is 3.97. The fraction of sp³-hybridized carbons (Fsp3) is 0.316. The van der Waals surface area contributed by atoms with Gasteiger partial charge in [-0.05, 0) is 36.9 Å². The van der Waals surface area contributed by atoms with Crippen LogP contribution in [0.4, 0.5) is 0 Å². The number of para-hydroxylation sites is 1. The SMILES string of the molecule is CN=C(NCc1ccc(S(=O)(=O)NC)cc1)N(C)CCOc1ccccc1. The molecule has 146 valence electrons. The maximum absolute atomic E-state index is 11.8. The Kier molecular flexibility index (Phi) is 7.63. The highest BCUT2D eigenvalue weighted by Gasteiger charge is 2.11. The van der Waals surface area contributed by atoms with Gasteiger partial charge in [-0.25, -0.2) is 13.1 Å². The molecule has 2 N–H and O–H groups in total. The smallest absolute Gasteiger partial charge is 0.240 e. The van der Waals surface area contributed by atoms with Gasteiger partial charge in [0.2, 0.25) is 10.0 Å². The third-order valence-corrected chi connectivity index (χ3v) is 5.40. The molecule has 0 radical (unpaired) electrons. The van der Waals surface area contributed by atoms with Gasteiger partial charge >= 0.3 is 0 Å². The van der Waals surface area contributed by atoms with Gasteiger partial charge in [0, 0.05) is 20.6 Å². The van der Waals surface area contributed by atoms with Gasteiger partial charge in [0.15, 0.2) is 5.96 Å². The lowest BCUT2D eigenvalue weighted by atomic mass is 10.2. The second kappa shape index (κ2) is 9.94.